The normalized spacial score (nSPS) is 11.0. The first kappa shape index (κ1) is 20.0. The summed E-state index contributed by atoms with van der Waals surface area (Å²) < 4.78 is 5.91. The number of pyridine rings is 1. The molecule has 2 aromatic heterocycles. The number of carbonyl (C=O) groups is 1. The van der Waals surface area contributed by atoms with Crippen LogP contribution in [0.3, 0.4) is 0 Å². The van der Waals surface area contributed by atoms with Crippen LogP contribution >= 0.6 is 0 Å². The van der Waals surface area contributed by atoms with Crippen molar-refractivity contribution < 1.29 is 9.53 Å². The zero-order chi connectivity index (χ0) is 21.8. The van der Waals surface area contributed by atoms with Gasteiger partial charge in [0.25, 0.3) is 5.91 Å². The van der Waals surface area contributed by atoms with Gasteiger partial charge in [-0.2, -0.15) is 0 Å². The summed E-state index contributed by atoms with van der Waals surface area (Å²) in [4.78, 5) is 35.6. The largest absolute Gasteiger partial charge is 0.455 e. The van der Waals surface area contributed by atoms with Gasteiger partial charge in [-0.25, -0.2) is 9.78 Å². The van der Waals surface area contributed by atoms with Crippen LogP contribution < -0.4 is 20.6 Å². The lowest BCUT2D eigenvalue weighted by Crippen LogP contribution is -2.13. The quantitative estimate of drug-likeness (QED) is 0.436. The molecule has 0 unspecified atom stereocenters. The number of allylic oxidation sites excluding steroid dienone is 1. The first-order chi connectivity index (χ1) is 15.0. The second-order valence-electron chi connectivity index (χ2n) is 6.84. The molecule has 0 saturated heterocycles. The predicted octanol–water partition coefficient (Wildman–Crippen LogP) is 4.27. The molecule has 0 saturated carbocycles. The van der Waals surface area contributed by atoms with Crippen LogP contribution in [0.1, 0.15) is 17.3 Å². The lowest BCUT2D eigenvalue weighted by atomic mass is 10.1. The molecule has 8 nitrogen and oxygen atoms in total. The van der Waals surface area contributed by atoms with Crippen LogP contribution in [0.2, 0.25) is 0 Å². The first-order valence-corrected chi connectivity index (χ1v) is 9.65. The molecule has 2 aromatic carbocycles. The Morgan fingerprint density at radius 3 is 2.81 bits per heavy atom. The topological polar surface area (TPSA) is 103 Å². The van der Waals surface area contributed by atoms with Crippen LogP contribution in [0, 0.1) is 0 Å². The molecule has 0 aliphatic carbocycles. The fourth-order valence-electron chi connectivity index (χ4n) is 3.14. The number of hydrogen-bond donors (Lipinski definition) is 3. The van der Waals surface area contributed by atoms with Crippen molar-refractivity contribution in [3.8, 4) is 11.5 Å². The lowest BCUT2D eigenvalue weighted by molar-refractivity contribution is 0.102. The lowest BCUT2D eigenvalue weighted by Gasteiger charge is -2.15. The zero-order valence-corrected chi connectivity index (χ0v) is 17.0. The van der Waals surface area contributed by atoms with Crippen molar-refractivity contribution in [1.29, 1.82) is 0 Å². The third kappa shape index (κ3) is 4.48. The molecular weight excluding hydrogens is 394 g/mol. The highest BCUT2D eigenvalue weighted by Gasteiger charge is 2.11. The molecule has 8 heteroatoms. The number of ether oxygens (including phenoxy) is 1. The van der Waals surface area contributed by atoms with Crippen LogP contribution in [0.25, 0.3) is 11.2 Å². The summed E-state index contributed by atoms with van der Waals surface area (Å²) in [6.07, 6.45) is 5.40. The van der Waals surface area contributed by atoms with Gasteiger partial charge >= 0.3 is 5.69 Å². The third-order valence-electron chi connectivity index (χ3n) is 4.59. The van der Waals surface area contributed by atoms with Gasteiger partial charge in [-0.15, -0.1) is 0 Å². The number of H-pyrrole nitrogens is 2. The molecule has 2 heterocycles. The van der Waals surface area contributed by atoms with E-state index in [2.05, 4.69) is 20.3 Å². The van der Waals surface area contributed by atoms with Crippen molar-refractivity contribution in [2.45, 2.75) is 6.92 Å². The highest BCUT2D eigenvalue weighted by molar-refractivity contribution is 6.05. The van der Waals surface area contributed by atoms with Crippen LogP contribution in [0.4, 0.5) is 11.4 Å². The molecule has 0 spiro atoms. The minimum absolute atomic E-state index is 0.228. The minimum atomic E-state index is -0.359. The van der Waals surface area contributed by atoms with E-state index in [1.807, 2.05) is 49.3 Å². The fourth-order valence-corrected chi connectivity index (χ4v) is 3.14. The van der Waals surface area contributed by atoms with E-state index in [1.54, 1.807) is 42.6 Å². The van der Waals surface area contributed by atoms with Crippen LogP contribution in [-0.4, -0.2) is 27.9 Å². The molecule has 1 amide bonds. The molecule has 0 atom stereocenters. The summed E-state index contributed by atoms with van der Waals surface area (Å²) in [7, 11) is 1.92. The Kier molecular flexibility index (Phi) is 5.53. The van der Waals surface area contributed by atoms with E-state index in [1.165, 1.54) is 0 Å². The smallest absolute Gasteiger partial charge is 0.325 e. The van der Waals surface area contributed by atoms with Gasteiger partial charge in [0.1, 0.15) is 11.3 Å². The number of benzene rings is 2. The van der Waals surface area contributed by atoms with Gasteiger partial charge in [-0.05, 0) is 43.5 Å². The highest BCUT2D eigenvalue weighted by atomic mass is 16.5. The van der Waals surface area contributed by atoms with Crippen molar-refractivity contribution in [3.63, 3.8) is 0 Å². The number of fused-ring (bicyclic) bond motifs is 1. The van der Waals surface area contributed by atoms with Gasteiger partial charge < -0.3 is 19.9 Å². The van der Waals surface area contributed by atoms with Crippen LogP contribution in [0.15, 0.2) is 77.9 Å². The molecule has 0 aliphatic heterocycles. The van der Waals surface area contributed by atoms with Crippen molar-refractivity contribution >= 4 is 28.4 Å². The molecule has 156 valence electrons. The Bertz CT molecular complexity index is 1320. The maximum Gasteiger partial charge on any atom is 0.325 e. The van der Waals surface area contributed by atoms with E-state index in [4.69, 9.17) is 4.74 Å². The summed E-state index contributed by atoms with van der Waals surface area (Å²) in [5.74, 6) is 0.731. The average Bonchev–Trinajstić information content (AvgIpc) is 3.15. The standard InChI is InChI=1S/C23H21N5O3/c1-3-12-28(2)17-8-4-6-15(13-17)22(29)25-16-7-5-9-18(14-16)31-19-10-11-24-21-20(19)26-23(30)27-21/h3-14H,1-2H3,(H,25,29)(H2,24,26,27,30)/b12-3-. The van der Waals surface area contributed by atoms with Crippen LogP contribution in [-0.2, 0) is 0 Å². The maximum atomic E-state index is 12.8. The predicted molar refractivity (Wildman–Crippen MR) is 121 cm³/mol. The monoisotopic (exact) mass is 415 g/mol. The fraction of sp³-hybridized carbons (Fsp3) is 0.0870. The van der Waals surface area contributed by atoms with E-state index in [-0.39, 0.29) is 11.6 Å². The van der Waals surface area contributed by atoms with Gasteiger partial charge in [0.15, 0.2) is 11.4 Å². The molecule has 0 fully saturated rings. The third-order valence-corrected chi connectivity index (χ3v) is 4.59. The molecule has 3 N–H and O–H groups in total. The molecule has 31 heavy (non-hydrogen) atoms. The number of imidazole rings is 1. The number of nitrogens with zero attached hydrogens (tertiary/aromatic N) is 2. The number of hydrogen-bond acceptors (Lipinski definition) is 5. The Labute approximate surface area is 178 Å². The summed E-state index contributed by atoms with van der Waals surface area (Å²) in [6, 6.07) is 16.1. The Morgan fingerprint density at radius 2 is 1.97 bits per heavy atom. The van der Waals surface area contributed by atoms with Gasteiger partial charge in [-0.1, -0.05) is 18.2 Å². The van der Waals surface area contributed by atoms with E-state index in [0.29, 0.717) is 33.9 Å². The van der Waals surface area contributed by atoms with Crippen molar-refractivity contribution in [3.05, 3.63) is 89.1 Å². The Balaban J connectivity index is 1.53. The number of carbonyl (C=O) groups excluding carboxylic acids is 1. The molecule has 0 aliphatic rings. The summed E-state index contributed by atoms with van der Waals surface area (Å²) >= 11 is 0. The summed E-state index contributed by atoms with van der Waals surface area (Å²) in [5, 5.41) is 2.89. The second kappa shape index (κ2) is 8.58. The van der Waals surface area contributed by atoms with Crippen molar-refractivity contribution in [2.75, 3.05) is 17.3 Å². The number of nitrogens with one attached hydrogen (secondary N) is 3. The molecule has 4 aromatic rings. The van der Waals surface area contributed by atoms with E-state index in [0.717, 1.165) is 5.69 Å². The molecule has 4 rings (SSSR count). The number of aromatic amines is 2. The van der Waals surface area contributed by atoms with E-state index in [9.17, 15) is 9.59 Å². The number of rotatable bonds is 6. The van der Waals surface area contributed by atoms with E-state index < -0.39 is 0 Å². The Hall–Kier alpha value is -4.33. The average molecular weight is 415 g/mol. The zero-order valence-electron chi connectivity index (χ0n) is 17.0. The first-order valence-electron chi connectivity index (χ1n) is 9.65. The van der Waals surface area contributed by atoms with Crippen molar-refractivity contribution in [1.82, 2.24) is 15.0 Å². The number of aromatic nitrogens is 3. The van der Waals surface area contributed by atoms with Gasteiger partial charge in [0.05, 0.1) is 0 Å². The van der Waals surface area contributed by atoms with E-state index >= 15 is 0 Å². The number of amides is 1. The maximum absolute atomic E-state index is 12.8. The van der Waals surface area contributed by atoms with Gasteiger partial charge in [0.2, 0.25) is 0 Å². The van der Waals surface area contributed by atoms with Gasteiger partial charge in [0, 0.05) is 42.3 Å². The SMILES string of the molecule is C/C=C\N(C)c1cccc(C(=O)Nc2cccc(Oc3ccnc4[nH]c(=O)[nH]c34)c2)c1. The van der Waals surface area contributed by atoms with Crippen LogP contribution in [0.5, 0.6) is 11.5 Å². The second-order valence-corrected chi connectivity index (χ2v) is 6.84. The molecule has 0 bridgehead atoms. The van der Waals surface area contributed by atoms with Gasteiger partial charge in [-0.3, -0.25) is 9.78 Å². The molecule has 0 radical (unpaired) electrons. The highest BCUT2D eigenvalue weighted by Crippen LogP contribution is 2.28. The summed E-state index contributed by atoms with van der Waals surface area (Å²) in [6.45, 7) is 1.94. The van der Waals surface area contributed by atoms with Crippen molar-refractivity contribution in [2.24, 2.45) is 0 Å². The Morgan fingerprint density at radius 1 is 1.13 bits per heavy atom. The minimum Gasteiger partial charge on any atom is -0.455 e. The molecular formula is C23H21N5O3. The summed E-state index contributed by atoms with van der Waals surface area (Å²) in [5.41, 5.74) is 2.56. The number of anilines is 2.